The van der Waals surface area contributed by atoms with Crippen molar-refractivity contribution in [2.75, 3.05) is 26.0 Å². The molecule has 1 amide bonds. The van der Waals surface area contributed by atoms with Crippen molar-refractivity contribution in [2.24, 2.45) is 0 Å². The molecular formula is C23H25N3O3S. The molecule has 1 saturated heterocycles. The molecule has 1 fully saturated rings. The van der Waals surface area contributed by atoms with Crippen molar-refractivity contribution in [2.45, 2.75) is 31.3 Å². The van der Waals surface area contributed by atoms with E-state index in [1.807, 2.05) is 48.2 Å². The van der Waals surface area contributed by atoms with Gasteiger partial charge in [0.15, 0.2) is 5.16 Å². The summed E-state index contributed by atoms with van der Waals surface area (Å²) < 4.78 is 7.10. The largest absolute Gasteiger partial charge is 0.495 e. The Bertz CT molecular complexity index is 1140. The van der Waals surface area contributed by atoms with E-state index in [4.69, 9.17) is 9.72 Å². The molecule has 0 N–H and O–H groups in total. The molecule has 1 aromatic heterocycles. The maximum absolute atomic E-state index is 13.4. The van der Waals surface area contributed by atoms with E-state index < -0.39 is 0 Å². The zero-order valence-corrected chi connectivity index (χ0v) is 18.1. The Hall–Kier alpha value is -2.80. The minimum atomic E-state index is -0.169. The monoisotopic (exact) mass is 423 g/mol. The van der Waals surface area contributed by atoms with Crippen LogP contribution in [0.15, 0.2) is 52.4 Å². The average molecular weight is 424 g/mol. The number of carbonyl (C=O) groups is 1. The molecule has 156 valence electrons. The molecule has 7 heteroatoms. The number of thioether (sulfide) groups is 1. The standard InChI is InChI=1S/C23H25N3O3S/c1-16-10-11-20(29-2)19(14-16)26-22(28)17-8-4-5-9-18(17)24-23(26)30-15-21(27)25-12-6-3-7-13-25/h4-5,8-11,14H,3,6-7,12-13,15H2,1-2H3. The smallest absolute Gasteiger partial charge is 0.266 e. The number of rotatable bonds is 5. The summed E-state index contributed by atoms with van der Waals surface area (Å²) in [5.41, 5.74) is 2.09. The van der Waals surface area contributed by atoms with Crippen molar-refractivity contribution in [3.05, 3.63) is 58.4 Å². The Kier molecular flexibility index (Phi) is 6.08. The third-order valence-electron chi connectivity index (χ3n) is 5.35. The summed E-state index contributed by atoms with van der Waals surface area (Å²) in [5.74, 6) is 0.924. The lowest BCUT2D eigenvalue weighted by molar-refractivity contribution is -0.129. The van der Waals surface area contributed by atoms with Gasteiger partial charge in [-0.05, 0) is 56.0 Å². The highest BCUT2D eigenvalue weighted by atomic mass is 32.2. The first-order valence-corrected chi connectivity index (χ1v) is 11.1. The Labute approximate surface area is 179 Å². The normalized spacial score (nSPS) is 14.1. The fraction of sp³-hybridized carbons (Fsp3) is 0.348. The fourth-order valence-electron chi connectivity index (χ4n) is 3.76. The molecule has 4 rings (SSSR count). The number of methoxy groups -OCH3 is 1. The molecule has 0 bridgehead atoms. The number of likely N-dealkylation sites (tertiary alicyclic amines) is 1. The SMILES string of the molecule is COc1ccc(C)cc1-n1c(SCC(=O)N2CCCCC2)nc2ccccc2c1=O. The van der Waals surface area contributed by atoms with Gasteiger partial charge < -0.3 is 9.64 Å². The number of fused-ring (bicyclic) bond motifs is 1. The van der Waals surface area contributed by atoms with Gasteiger partial charge in [0.2, 0.25) is 5.91 Å². The number of aryl methyl sites for hydroxylation is 1. The van der Waals surface area contributed by atoms with Gasteiger partial charge in [0, 0.05) is 13.1 Å². The van der Waals surface area contributed by atoms with Gasteiger partial charge >= 0.3 is 0 Å². The number of hydrogen-bond acceptors (Lipinski definition) is 5. The first-order chi connectivity index (χ1) is 14.6. The number of carbonyl (C=O) groups excluding carboxylic acids is 1. The van der Waals surface area contributed by atoms with Gasteiger partial charge in [-0.1, -0.05) is 30.0 Å². The summed E-state index contributed by atoms with van der Waals surface area (Å²) in [7, 11) is 1.58. The number of para-hydroxylation sites is 1. The first-order valence-electron chi connectivity index (χ1n) is 10.2. The number of piperidine rings is 1. The molecule has 2 aromatic carbocycles. The maximum atomic E-state index is 13.4. The highest BCUT2D eigenvalue weighted by molar-refractivity contribution is 7.99. The Balaban J connectivity index is 1.78. The second kappa shape index (κ2) is 8.92. The van der Waals surface area contributed by atoms with E-state index in [0.29, 0.717) is 27.5 Å². The minimum Gasteiger partial charge on any atom is -0.495 e. The first kappa shape index (κ1) is 20.5. The lowest BCUT2D eigenvalue weighted by Gasteiger charge is -2.26. The number of ether oxygens (including phenoxy) is 1. The van der Waals surface area contributed by atoms with E-state index in [1.165, 1.54) is 18.2 Å². The van der Waals surface area contributed by atoms with Crippen molar-refractivity contribution in [1.82, 2.24) is 14.5 Å². The number of hydrogen-bond donors (Lipinski definition) is 0. The molecule has 0 saturated carbocycles. The third-order valence-corrected chi connectivity index (χ3v) is 6.28. The van der Waals surface area contributed by atoms with E-state index in [-0.39, 0.29) is 17.2 Å². The Morgan fingerprint density at radius 1 is 1.13 bits per heavy atom. The summed E-state index contributed by atoms with van der Waals surface area (Å²) in [4.78, 5) is 32.8. The van der Waals surface area contributed by atoms with Crippen molar-refractivity contribution >= 4 is 28.6 Å². The number of aromatic nitrogens is 2. The lowest BCUT2D eigenvalue weighted by atomic mass is 10.1. The average Bonchev–Trinajstić information content (AvgIpc) is 2.78. The van der Waals surface area contributed by atoms with E-state index in [0.717, 1.165) is 31.5 Å². The van der Waals surface area contributed by atoms with Crippen LogP contribution in [-0.2, 0) is 4.79 Å². The molecule has 0 aliphatic carbocycles. The molecule has 1 aliphatic rings. The molecule has 6 nitrogen and oxygen atoms in total. The second-order valence-electron chi connectivity index (χ2n) is 7.46. The Morgan fingerprint density at radius 2 is 1.90 bits per heavy atom. The molecule has 3 aromatic rings. The number of nitrogens with zero attached hydrogens (tertiary/aromatic N) is 3. The van der Waals surface area contributed by atoms with Crippen LogP contribution >= 0.6 is 11.8 Å². The summed E-state index contributed by atoms with van der Waals surface area (Å²) >= 11 is 1.30. The minimum absolute atomic E-state index is 0.0878. The zero-order valence-electron chi connectivity index (χ0n) is 17.3. The molecular weight excluding hydrogens is 398 g/mol. The molecule has 0 unspecified atom stereocenters. The molecule has 1 aliphatic heterocycles. The predicted molar refractivity (Wildman–Crippen MR) is 120 cm³/mol. The van der Waals surface area contributed by atoms with Gasteiger partial charge in [-0.25, -0.2) is 4.98 Å². The van der Waals surface area contributed by atoms with Crippen molar-refractivity contribution in [3.63, 3.8) is 0 Å². The summed E-state index contributed by atoms with van der Waals surface area (Å²) in [6, 6.07) is 13.0. The van der Waals surface area contributed by atoms with Crippen molar-refractivity contribution in [3.8, 4) is 11.4 Å². The van der Waals surface area contributed by atoms with Crippen LogP contribution in [0.25, 0.3) is 16.6 Å². The third kappa shape index (κ3) is 4.07. The highest BCUT2D eigenvalue weighted by Crippen LogP contribution is 2.28. The van der Waals surface area contributed by atoms with Crippen LogP contribution in [-0.4, -0.2) is 46.3 Å². The van der Waals surface area contributed by atoms with Gasteiger partial charge in [0.1, 0.15) is 5.75 Å². The van der Waals surface area contributed by atoms with Crippen molar-refractivity contribution < 1.29 is 9.53 Å². The van der Waals surface area contributed by atoms with Crippen LogP contribution in [0.5, 0.6) is 5.75 Å². The predicted octanol–water partition coefficient (Wildman–Crippen LogP) is 3.81. The van der Waals surface area contributed by atoms with Crippen LogP contribution in [0.1, 0.15) is 24.8 Å². The zero-order chi connectivity index (χ0) is 21.1. The van der Waals surface area contributed by atoms with Gasteiger partial charge in [-0.3, -0.25) is 14.2 Å². The summed E-state index contributed by atoms with van der Waals surface area (Å²) in [6.07, 6.45) is 3.28. The summed E-state index contributed by atoms with van der Waals surface area (Å²) in [5, 5.41) is 1.03. The maximum Gasteiger partial charge on any atom is 0.266 e. The van der Waals surface area contributed by atoms with Crippen LogP contribution in [0.4, 0.5) is 0 Å². The number of amides is 1. The van der Waals surface area contributed by atoms with Gasteiger partial charge in [-0.2, -0.15) is 0 Å². The van der Waals surface area contributed by atoms with Crippen molar-refractivity contribution in [1.29, 1.82) is 0 Å². The van der Waals surface area contributed by atoms with E-state index in [2.05, 4.69) is 0 Å². The van der Waals surface area contributed by atoms with Crippen LogP contribution in [0.2, 0.25) is 0 Å². The van der Waals surface area contributed by atoms with Crippen LogP contribution in [0, 0.1) is 6.92 Å². The van der Waals surface area contributed by atoms with E-state index >= 15 is 0 Å². The van der Waals surface area contributed by atoms with Crippen LogP contribution in [0.3, 0.4) is 0 Å². The molecule has 0 atom stereocenters. The molecule has 30 heavy (non-hydrogen) atoms. The highest BCUT2D eigenvalue weighted by Gasteiger charge is 2.20. The van der Waals surface area contributed by atoms with E-state index in [1.54, 1.807) is 17.7 Å². The fourth-order valence-corrected chi connectivity index (χ4v) is 4.67. The van der Waals surface area contributed by atoms with E-state index in [9.17, 15) is 9.59 Å². The number of benzene rings is 2. The lowest BCUT2D eigenvalue weighted by Crippen LogP contribution is -2.36. The molecule has 2 heterocycles. The quantitative estimate of drug-likeness (QED) is 0.461. The second-order valence-corrected chi connectivity index (χ2v) is 8.40. The van der Waals surface area contributed by atoms with Gasteiger partial charge in [0.05, 0.1) is 29.5 Å². The Morgan fingerprint density at radius 3 is 2.67 bits per heavy atom. The summed E-state index contributed by atoms with van der Waals surface area (Å²) in [6.45, 7) is 3.58. The molecule has 0 spiro atoms. The van der Waals surface area contributed by atoms with Gasteiger partial charge in [0.25, 0.3) is 5.56 Å². The van der Waals surface area contributed by atoms with Gasteiger partial charge in [-0.15, -0.1) is 0 Å². The molecule has 0 radical (unpaired) electrons. The van der Waals surface area contributed by atoms with Crippen LogP contribution < -0.4 is 10.3 Å². The topological polar surface area (TPSA) is 64.4 Å².